The fourth-order valence-corrected chi connectivity index (χ4v) is 2.55. The number of carbonyl (C=O) groups excluding carboxylic acids is 1. The van der Waals surface area contributed by atoms with Crippen LogP contribution in [-0.2, 0) is 6.54 Å². The van der Waals surface area contributed by atoms with Gasteiger partial charge in [-0.25, -0.2) is 0 Å². The molecule has 3 rings (SSSR count). The van der Waals surface area contributed by atoms with Gasteiger partial charge in [0.05, 0.1) is 12.2 Å². The maximum absolute atomic E-state index is 12.2. The van der Waals surface area contributed by atoms with Crippen LogP contribution in [0.5, 0.6) is 0 Å². The number of nitrogens with zero attached hydrogens (tertiary/aromatic N) is 3. The van der Waals surface area contributed by atoms with Gasteiger partial charge >= 0.3 is 0 Å². The van der Waals surface area contributed by atoms with E-state index in [9.17, 15) is 4.79 Å². The van der Waals surface area contributed by atoms with Crippen molar-refractivity contribution < 1.29 is 13.7 Å². The van der Waals surface area contributed by atoms with Crippen molar-refractivity contribution in [1.82, 2.24) is 15.0 Å². The summed E-state index contributed by atoms with van der Waals surface area (Å²) in [6.07, 6.45) is 0. The van der Waals surface area contributed by atoms with E-state index in [-0.39, 0.29) is 11.1 Å². The van der Waals surface area contributed by atoms with Crippen LogP contribution < -0.4 is 0 Å². The molecule has 0 bridgehead atoms. The Hall–Kier alpha value is -1.79. The van der Waals surface area contributed by atoms with Crippen LogP contribution >= 0.6 is 11.6 Å². The second-order valence-electron chi connectivity index (χ2n) is 5.11. The van der Waals surface area contributed by atoms with Gasteiger partial charge in [0, 0.05) is 32.2 Å². The molecule has 1 fully saturated rings. The van der Waals surface area contributed by atoms with E-state index < -0.39 is 0 Å². The fraction of sp³-hybridized carbons (Fsp3) is 0.429. The first-order valence-electron chi connectivity index (χ1n) is 6.81. The normalized spacial score (nSPS) is 16.4. The van der Waals surface area contributed by atoms with E-state index >= 15 is 0 Å². The molecule has 2 aromatic heterocycles. The Morgan fingerprint density at radius 2 is 2.10 bits per heavy atom. The van der Waals surface area contributed by atoms with Crippen LogP contribution in [0.4, 0.5) is 0 Å². The van der Waals surface area contributed by atoms with Gasteiger partial charge in [0.15, 0.2) is 16.7 Å². The molecular formula is C14H16ClN3O3. The topological polar surface area (TPSA) is 62.7 Å². The molecule has 0 atom stereocenters. The van der Waals surface area contributed by atoms with Gasteiger partial charge in [0.25, 0.3) is 5.91 Å². The monoisotopic (exact) mass is 309 g/mol. The lowest BCUT2D eigenvalue weighted by Gasteiger charge is -2.33. The zero-order valence-corrected chi connectivity index (χ0v) is 12.5. The van der Waals surface area contributed by atoms with Crippen molar-refractivity contribution in [3.63, 3.8) is 0 Å². The van der Waals surface area contributed by atoms with Crippen LogP contribution in [0.25, 0.3) is 0 Å². The number of hydrogen-bond donors (Lipinski definition) is 0. The second-order valence-corrected chi connectivity index (χ2v) is 5.48. The number of furan rings is 1. The predicted octanol–water partition coefficient (Wildman–Crippen LogP) is 2.19. The van der Waals surface area contributed by atoms with Gasteiger partial charge in [-0.15, -0.1) is 0 Å². The van der Waals surface area contributed by atoms with Gasteiger partial charge in [0.1, 0.15) is 0 Å². The second kappa shape index (κ2) is 5.91. The van der Waals surface area contributed by atoms with E-state index in [1.165, 1.54) is 0 Å². The zero-order valence-electron chi connectivity index (χ0n) is 11.7. The molecule has 7 heteroatoms. The molecule has 0 radical (unpaired) electrons. The van der Waals surface area contributed by atoms with Gasteiger partial charge in [0.2, 0.25) is 0 Å². The molecule has 0 unspecified atom stereocenters. The highest BCUT2D eigenvalue weighted by molar-refractivity contribution is 6.29. The summed E-state index contributed by atoms with van der Waals surface area (Å²) >= 11 is 5.70. The quantitative estimate of drug-likeness (QED) is 0.869. The fourth-order valence-electron chi connectivity index (χ4n) is 2.41. The molecule has 112 valence electrons. The predicted molar refractivity (Wildman–Crippen MR) is 76.1 cm³/mol. The highest BCUT2D eigenvalue weighted by Gasteiger charge is 2.24. The van der Waals surface area contributed by atoms with Crippen molar-refractivity contribution in [3.8, 4) is 0 Å². The standard InChI is InChI=1S/C14H16ClN3O3/c1-10-8-11(21-16-10)9-17-4-6-18(7-5-17)14(19)12-2-3-13(15)20-12/h2-3,8H,4-7,9H2,1H3. The Morgan fingerprint density at radius 1 is 1.33 bits per heavy atom. The number of aryl methyl sites for hydroxylation is 1. The Bertz CT molecular complexity index is 629. The van der Waals surface area contributed by atoms with E-state index in [2.05, 4.69) is 10.1 Å². The summed E-state index contributed by atoms with van der Waals surface area (Å²) < 4.78 is 10.4. The van der Waals surface area contributed by atoms with Crippen molar-refractivity contribution in [2.45, 2.75) is 13.5 Å². The molecule has 3 heterocycles. The Morgan fingerprint density at radius 3 is 2.67 bits per heavy atom. The highest BCUT2D eigenvalue weighted by Crippen LogP contribution is 2.16. The van der Waals surface area contributed by atoms with Gasteiger partial charge in [-0.3, -0.25) is 9.69 Å². The lowest BCUT2D eigenvalue weighted by atomic mass is 10.2. The molecule has 21 heavy (non-hydrogen) atoms. The molecule has 1 aliphatic rings. The summed E-state index contributed by atoms with van der Waals surface area (Å²) in [6, 6.07) is 5.12. The molecule has 0 spiro atoms. The third-order valence-corrected chi connectivity index (χ3v) is 3.70. The Balaban J connectivity index is 1.54. The van der Waals surface area contributed by atoms with Gasteiger partial charge in [-0.1, -0.05) is 5.16 Å². The highest BCUT2D eigenvalue weighted by atomic mass is 35.5. The Kier molecular flexibility index (Phi) is 3.98. The number of rotatable bonds is 3. The van der Waals surface area contributed by atoms with Crippen LogP contribution in [0.3, 0.4) is 0 Å². The molecule has 2 aromatic rings. The van der Waals surface area contributed by atoms with Crippen molar-refractivity contribution in [2.75, 3.05) is 26.2 Å². The van der Waals surface area contributed by atoms with E-state index in [0.717, 1.165) is 31.1 Å². The molecule has 1 saturated heterocycles. The van der Waals surface area contributed by atoms with Crippen LogP contribution in [0.15, 0.2) is 27.1 Å². The first kappa shape index (κ1) is 14.2. The number of piperazine rings is 1. The minimum Gasteiger partial charge on any atom is -0.440 e. The van der Waals surface area contributed by atoms with Crippen LogP contribution in [0.1, 0.15) is 22.0 Å². The molecule has 1 aliphatic heterocycles. The maximum atomic E-state index is 12.2. The average Bonchev–Trinajstić information content (AvgIpc) is 3.08. The lowest BCUT2D eigenvalue weighted by molar-refractivity contribution is 0.0587. The van der Waals surface area contributed by atoms with Gasteiger partial charge < -0.3 is 13.8 Å². The van der Waals surface area contributed by atoms with E-state index in [4.69, 9.17) is 20.5 Å². The van der Waals surface area contributed by atoms with Crippen LogP contribution in [0, 0.1) is 6.92 Å². The average molecular weight is 310 g/mol. The summed E-state index contributed by atoms with van der Waals surface area (Å²) in [6.45, 7) is 5.52. The van der Waals surface area contributed by atoms with Crippen LogP contribution in [-0.4, -0.2) is 47.0 Å². The van der Waals surface area contributed by atoms with E-state index in [1.54, 1.807) is 17.0 Å². The molecule has 1 amide bonds. The molecule has 0 N–H and O–H groups in total. The third kappa shape index (κ3) is 3.28. The molecule has 0 aromatic carbocycles. The van der Waals surface area contributed by atoms with Crippen molar-refractivity contribution >= 4 is 17.5 Å². The summed E-state index contributed by atoms with van der Waals surface area (Å²) in [5.74, 6) is 1.03. The zero-order chi connectivity index (χ0) is 14.8. The maximum Gasteiger partial charge on any atom is 0.289 e. The minimum absolute atomic E-state index is 0.114. The van der Waals surface area contributed by atoms with Crippen LogP contribution in [0.2, 0.25) is 5.22 Å². The van der Waals surface area contributed by atoms with E-state index in [1.807, 2.05) is 13.0 Å². The summed E-state index contributed by atoms with van der Waals surface area (Å²) in [5, 5.41) is 4.11. The first-order chi connectivity index (χ1) is 10.1. The SMILES string of the molecule is Cc1cc(CN2CCN(C(=O)c3ccc(Cl)o3)CC2)on1. The number of aromatic nitrogens is 1. The minimum atomic E-state index is -0.114. The molecular weight excluding hydrogens is 294 g/mol. The number of hydrogen-bond acceptors (Lipinski definition) is 5. The Labute approximate surface area is 127 Å². The first-order valence-corrected chi connectivity index (χ1v) is 7.19. The smallest absolute Gasteiger partial charge is 0.289 e. The number of carbonyl (C=O) groups is 1. The van der Waals surface area contributed by atoms with Crippen molar-refractivity contribution in [3.05, 3.63) is 40.6 Å². The number of amides is 1. The largest absolute Gasteiger partial charge is 0.440 e. The molecule has 0 saturated carbocycles. The molecule has 0 aliphatic carbocycles. The lowest BCUT2D eigenvalue weighted by Crippen LogP contribution is -2.48. The van der Waals surface area contributed by atoms with Gasteiger partial charge in [-0.05, 0) is 30.7 Å². The van der Waals surface area contributed by atoms with Gasteiger partial charge in [-0.2, -0.15) is 0 Å². The third-order valence-electron chi connectivity index (χ3n) is 3.50. The van der Waals surface area contributed by atoms with Crippen molar-refractivity contribution in [1.29, 1.82) is 0 Å². The molecule has 6 nitrogen and oxygen atoms in total. The van der Waals surface area contributed by atoms with Crippen molar-refractivity contribution in [2.24, 2.45) is 0 Å². The van der Waals surface area contributed by atoms with E-state index in [0.29, 0.717) is 18.8 Å². The number of halogens is 1. The summed E-state index contributed by atoms with van der Waals surface area (Å²) in [4.78, 5) is 16.2. The summed E-state index contributed by atoms with van der Waals surface area (Å²) in [7, 11) is 0. The summed E-state index contributed by atoms with van der Waals surface area (Å²) in [5.41, 5.74) is 0.883.